The summed E-state index contributed by atoms with van der Waals surface area (Å²) in [5, 5.41) is 1.52. The van der Waals surface area contributed by atoms with Crippen molar-refractivity contribution in [3.05, 3.63) is 64.5 Å². The van der Waals surface area contributed by atoms with Crippen LogP contribution in [-0.4, -0.2) is 71.9 Å². The fourth-order valence-electron chi connectivity index (χ4n) is 4.60. The van der Waals surface area contributed by atoms with Gasteiger partial charge in [0.15, 0.2) is 10.7 Å². The van der Waals surface area contributed by atoms with Gasteiger partial charge in [-0.15, -0.1) is 11.3 Å². The van der Waals surface area contributed by atoms with Crippen molar-refractivity contribution in [2.75, 3.05) is 57.2 Å². The molecule has 4 rings (SSSR count). The summed E-state index contributed by atoms with van der Waals surface area (Å²) in [5.41, 5.74) is 1.84. The SMILES string of the molecule is COc1ccc(CN(c2cscn2)S(=O)(=O)c2c(F)cc(N3CC[C@](CN(C)C)(OC)C3)cc2F)cc1. The maximum atomic E-state index is 15.4. The number of halogens is 2. The number of ether oxygens (including phenoxy) is 2. The number of anilines is 2. The molecule has 0 aliphatic carbocycles. The van der Waals surface area contributed by atoms with Crippen LogP contribution in [0.1, 0.15) is 12.0 Å². The number of thiazole rings is 1. The molecule has 1 aromatic heterocycles. The lowest BCUT2D eigenvalue weighted by Gasteiger charge is -2.31. The second kappa shape index (κ2) is 10.9. The van der Waals surface area contributed by atoms with Gasteiger partial charge in [-0.05, 0) is 50.3 Å². The van der Waals surface area contributed by atoms with Crippen LogP contribution >= 0.6 is 11.3 Å². The van der Waals surface area contributed by atoms with Crippen LogP contribution < -0.4 is 13.9 Å². The van der Waals surface area contributed by atoms with E-state index in [-0.39, 0.29) is 18.1 Å². The van der Waals surface area contributed by atoms with Crippen molar-refractivity contribution in [3.63, 3.8) is 0 Å². The quantitative estimate of drug-likeness (QED) is 0.377. The second-order valence-corrected chi connectivity index (χ2v) is 11.8. The zero-order valence-corrected chi connectivity index (χ0v) is 22.8. The van der Waals surface area contributed by atoms with Gasteiger partial charge in [-0.25, -0.2) is 26.5 Å². The van der Waals surface area contributed by atoms with Crippen LogP contribution in [0.2, 0.25) is 0 Å². The number of methoxy groups -OCH3 is 2. The number of sulfonamides is 1. The lowest BCUT2D eigenvalue weighted by atomic mass is 10.0. The molecule has 1 aliphatic heterocycles. The highest BCUT2D eigenvalue weighted by molar-refractivity contribution is 7.92. The third kappa shape index (κ3) is 5.71. The van der Waals surface area contributed by atoms with Gasteiger partial charge in [0, 0.05) is 37.8 Å². The van der Waals surface area contributed by atoms with Gasteiger partial charge in [0.1, 0.15) is 17.4 Å². The molecule has 8 nitrogen and oxygen atoms in total. The van der Waals surface area contributed by atoms with E-state index >= 15 is 8.78 Å². The van der Waals surface area contributed by atoms with E-state index in [1.54, 1.807) is 31.4 Å². The Kier molecular flexibility index (Phi) is 8.02. The molecule has 3 aromatic rings. The Morgan fingerprint density at radius 2 is 1.81 bits per heavy atom. The first-order valence-corrected chi connectivity index (χ1v) is 13.9. The molecular formula is C25H30F2N4O4S2. The third-order valence-corrected chi connectivity index (χ3v) is 8.79. The second-order valence-electron chi connectivity index (χ2n) is 9.24. The van der Waals surface area contributed by atoms with Crippen molar-refractivity contribution in [1.29, 1.82) is 0 Å². The molecule has 0 spiro atoms. The number of aromatic nitrogens is 1. The van der Waals surface area contributed by atoms with Gasteiger partial charge in [0.05, 0.1) is 24.8 Å². The zero-order chi connectivity index (χ0) is 26.8. The van der Waals surface area contributed by atoms with E-state index in [2.05, 4.69) is 4.98 Å². The zero-order valence-electron chi connectivity index (χ0n) is 21.1. The predicted molar refractivity (Wildman–Crippen MR) is 140 cm³/mol. The molecule has 200 valence electrons. The lowest BCUT2D eigenvalue weighted by molar-refractivity contribution is -0.0100. The van der Waals surface area contributed by atoms with E-state index in [0.717, 1.165) is 16.4 Å². The Morgan fingerprint density at radius 3 is 2.35 bits per heavy atom. The molecule has 2 heterocycles. The van der Waals surface area contributed by atoms with Gasteiger partial charge in [0.2, 0.25) is 0 Å². The van der Waals surface area contributed by atoms with Crippen LogP contribution in [0.25, 0.3) is 0 Å². The highest BCUT2D eigenvalue weighted by Gasteiger charge is 2.40. The fourth-order valence-corrected chi connectivity index (χ4v) is 6.70. The molecule has 1 saturated heterocycles. The summed E-state index contributed by atoms with van der Waals surface area (Å²) < 4.78 is 70.0. The Bertz CT molecular complexity index is 1300. The number of hydrogen-bond acceptors (Lipinski definition) is 8. The van der Waals surface area contributed by atoms with Gasteiger partial charge in [-0.2, -0.15) is 0 Å². The minimum atomic E-state index is -4.64. The van der Waals surface area contributed by atoms with Crippen LogP contribution in [0.4, 0.5) is 20.3 Å². The molecule has 0 N–H and O–H groups in total. The molecule has 37 heavy (non-hydrogen) atoms. The molecule has 1 fully saturated rings. The predicted octanol–water partition coefficient (Wildman–Crippen LogP) is 3.98. The number of hydrogen-bond donors (Lipinski definition) is 0. The van der Waals surface area contributed by atoms with Gasteiger partial charge < -0.3 is 19.3 Å². The number of benzene rings is 2. The average molecular weight is 553 g/mol. The molecule has 0 amide bonds. The normalized spacial score (nSPS) is 18.0. The summed E-state index contributed by atoms with van der Waals surface area (Å²) in [5.74, 6) is -1.64. The number of nitrogens with zero attached hydrogens (tertiary/aromatic N) is 4. The smallest absolute Gasteiger partial charge is 0.271 e. The van der Waals surface area contributed by atoms with E-state index in [1.165, 1.54) is 29.3 Å². The van der Waals surface area contributed by atoms with E-state index < -0.39 is 32.2 Å². The fraction of sp³-hybridized carbons (Fsp3) is 0.400. The topological polar surface area (TPSA) is 75.2 Å². The van der Waals surface area contributed by atoms with Crippen LogP contribution in [0, 0.1) is 11.6 Å². The van der Waals surface area contributed by atoms with Crippen LogP contribution in [0.3, 0.4) is 0 Å². The molecule has 0 saturated carbocycles. The monoisotopic (exact) mass is 552 g/mol. The molecule has 1 aliphatic rings. The van der Waals surface area contributed by atoms with Crippen LogP contribution in [0.15, 0.2) is 52.2 Å². The minimum absolute atomic E-state index is 0.0804. The molecule has 1 atom stereocenters. The van der Waals surface area contributed by atoms with E-state index in [1.807, 2.05) is 23.9 Å². The maximum absolute atomic E-state index is 15.4. The Hall–Kier alpha value is -2.80. The number of likely N-dealkylation sites (N-methyl/N-ethyl adjacent to an activating group) is 1. The average Bonchev–Trinajstić information content (AvgIpc) is 3.53. The summed E-state index contributed by atoms with van der Waals surface area (Å²) in [6.07, 6.45) is 0.671. The molecule has 0 radical (unpaired) electrons. The third-order valence-electron chi connectivity index (χ3n) is 6.41. The summed E-state index contributed by atoms with van der Waals surface area (Å²) in [6, 6.07) is 8.89. The van der Waals surface area contributed by atoms with Crippen molar-refractivity contribution in [2.24, 2.45) is 0 Å². The summed E-state index contributed by atoms with van der Waals surface area (Å²) in [7, 11) is 2.38. The lowest BCUT2D eigenvalue weighted by Crippen LogP contribution is -2.44. The first-order chi connectivity index (χ1) is 17.6. The molecule has 12 heteroatoms. The highest BCUT2D eigenvalue weighted by Crippen LogP contribution is 2.35. The van der Waals surface area contributed by atoms with Crippen LogP contribution in [-0.2, 0) is 21.3 Å². The Balaban J connectivity index is 1.67. The van der Waals surface area contributed by atoms with Crippen molar-refractivity contribution in [3.8, 4) is 5.75 Å². The molecule has 2 aromatic carbocycles. The molecular weight excluding hydrogens is 522 g/mol. The largest absolute Gasteiger partial charge is 0.497 e. The Morgan fingerprint density at radius 1 is 1.14 bits per heavy atom. The highest BCUT2D eigenvalue weighted by atomic mass is 32.2. The van der Waals surface area contributed by atoms with Gasteiger partial charge in [-0.3, -0.25) is 0 Å². The maximum Gasteiger partial charge on any atom is 0.271 e. The van der Waals surface area contributed by atoms with Gasteiger partial charge >= 0.3 is 0 Å². The summed E-state index contributed by atoms with van der Waals surface area (Å²) in [4.78, 5) is 6.90. The van der Waals surface area contributed by atoms with Crippen molar-refractivity contribution < 1.29 is 26.7 Å². The van der Waals surface area contributed by atoms with Gasteiger partial charge in [-0.1, -0.05) is 12.1 Å². The first-order valence-electron chi connectivity index (χ1n) is 11.6. The van der Waals surface area contributed by atoms with Crippen molar-refractivity contribution in [2.45, 2.75) is 23.5 Å². The standard InChI is InChI=1S/C25H30F2N4O4S2/c1-29(2)15-25(35-4)9-10-30(16-25)19-11-21(26)24(22(27)12-19)37(32,33)31(23-14-36-17-28-23)13-18-5-7-20(34-3)8-6-18/h5-8,11-12,14,17H,9-10,13,15-16H2,1-4H3/t25-/m1/s1. The van der Waals surface area contributed by atoms with E-state index in [4.69, 9.17) is 9.47 Å². The summed E-state index contributed by atoms with van der Waals surface area (Å²) >= 11 is 1.18. The minimum Gasteiger partial charge on any atom is -0.497 e. The molecule has 0 bridgehead atoms. The molecule has 0 unspecified atom stereocenters. The van der Waals surface area contributed by atoms with Crippen LogP contribution in [0.5, 0.6) is 5.75 Å². The van der Waals surface area contributed by atoms with E-state index in [0.29, 0.717) is 37.4 Å². The van der Waals surface area contributed by atoms with Crippen molar-refractivity contribution in [1.82, 2.24) is 9.88 Å². The summed E-state index contributed by atoms with van der Waals surface area (Å²) in [6.45, 7) is 1.43. The van der Waals surface area contributed by atoms with E-state index in [9.17, 15) is 8.42 Å². The number of rotatable bonds is 10. The van der Waals surface area contributed by atoms with Crippen molar-refractivity contribution >= 4 is 32.9 Å². The Labute approximate surface area is 220 Å². The first kappa shape index (κ1) is 27.2. The van der Waals surface area contributed by atoms with Gasteiger partial charge in [0.25, 0.3) is 10.0 Å².